The van der Waals surface area contributed by atoms with Gasteiger partial charge in [0.1, 0.15) is 5.75 Å². The molecule has 1 heterocycles. The molecule has 0 aromatic heterocycles. The van der Waals surface area contributed by atoms with Crippen molar-refractivity contribution in [3.8, 4) is 5.75 Å². The van der Waals surface area contributed by atoms with Crippen LogP contribution in [-0.2, 0) is 11.2 Å². The Morgan fingerprint density at radius 2 is 2.08 bits per heavy atom. The van der Waals surface area contributed by atoms with Crippen LogP contribution in [0.15, 0.2) is 42.5 Å². The minimum atomic E-state index is -0.249. The summed E-state index contributed by atoms with van der Waals surface area (Å²) in [6.45, 7) is -0.0124. The Balaban J connectivity index is 1.44. The maximum absolute atomic E-state index is 12.4. The third-order valence-electron chi connectivity index (χ3n) is 4.55. The lowest BCUT2D eigenvalue weighted by Crippen LogP contribution is -2.34. The third-order valence-corrected chi connectivity index (χ3v) is 4.55. The number of hydrogen-bond acceptors (Lipinski definition) is 3. The number of benzene rings is 2. The standard InChI is InChI=1S/C19H19N3O3/c23-18-11-25-17-10-13(8-9-16(17)21-18)20-19(24)22-15-7-3-5-12-4-1-2-6-14(12)15/h1-2,4,6,8-10,15H,3,5,7,11H2,(H,21,23)(H2,20,22,24)/t15-/m1/s1. The molecule has 3 amide bonds. The van der Waals surface area contributed by atoms with Crippen LogP contribution in [0.25, 0.3) is 0 Å². The number of carbonyl (C=O) groups excluding carboxylic acids is 2. The number of ether oxygens (including phenoxy) is 1. The topological polar surface area (TPSA) is 79.5 Å². The Labute approximate surface area is 145 Å². The number of rotatable bonds is 2. The normalized spacial score (nSPS) is 18.2. The molecular weight excluding hydrogens is 318 g/mol. The molecule has 1 atom stereocenters. The fourth-order valence-corrected chi connectivity index (χ4v) is 3.38. The number of carbonyl (C=O) groups is 2. The highest BCUT2D eigenvalue weighted by Crippen LogP contribution is 2.31. The van der Waals surface area contributed by atoms with Gasteiger partial charge in [0.25, 0.3) is 5.91 Å². The summed E-state index contributed by atoms with van der Waals surface area (Å²) in [5.74, 6) is 0.377. The summed E-state index contributed by atoms with van der Waals surface area (Å²) in [6.07, 6.45) is 3.06. The van der Waals surface area contributed by atoms with Gasteiger partial charge in [-0.25, -0.2) is 4.79 Å². The van der Waals surface area contributed by atoms with Crippen LogP contribution in [0, 0.1) is 0 Å². The van der Waals surface area contributed by atoms with Crippen molar-refractivity contribution in [1.29, 1.82) is 0 Å². The first-order chi connectivity index (χ1) is 12.2. The molecule has 25 heavy (non-hydrogen) atoms. The Hall–Kier alpha value is -3.02. The van der Waals surface area contributed by atoms with Crippen molar-refractivity contribution in [2.75, 3.05) is 17.2 Å². The summed E-state index contributed by atoms with van der Waals surface area (Å²) in [5, 5.41) is 8.61. The molecule has 0 radical (unpaired) electrons. The van der Waals surface area contributed by atoms with Crippen LogP contribution in [0.1, 0.15) is 30.0 Å². The smallest absolute Gasteiger partial charge is 0.319 e. The molecule has 6 nitrogen and oxygen atoms in total. The van der Waals surface area contributed by atoms with Gasteiger partial charge in [0.2, 0.25) is 0 Å². The molecule has 2 aromatic rings. The zero-order valence-electron chi connectivity index (χ0n) is 13.7. The molecule has 0 saturated carbocycles. The van der Waals surface area contributed by atoms with E-state index >= 15 is 0 Å². The monoisotopic (exact) mass is 337 g/mol. The molecule has 0 bridgehead atoms. The number of amides is 3. The second kappa shape index (κ2) is 6.47. The zero-order chi connectivity index (χ0) is 17.2. The van der Waals surface area contributed by atoms with E-state index in [1.54, 1.807) is 18.2 Å². The van der Waals surface area contributed by atoms with Gasteiger partial charge in [-0.05, 0) is 42.5 Å². The molecule has 6 heteroatoms. The number of urea groups is 1. The average Bonchev–Trinajstić information content (AvgIpc) is 2.62. The highest BCUT2D eigenvalue weighted by atomic mass is 16.5. The van der Waals surface area contributed by atoms with Crippen molar-refractivity contribution in [3.63, 3.8) is 0 Å². The maximum atomic E-state index is 12.4. The van der Waals surface area contributed by atoms with E-state index in [1.165, 1.54) is 11.1 Å². The maximum Gasteiger partial charge on any atom is 0.319 e. The largest absolute Gasteiger partial charge is 0.482 e. The van der Waals surface area contributed by atoms with Crippen molar-refractivity contribution < 1.29 is 14.3 Å². The Morgan fingerprint density at radius 1 is 1.20 bits per heavy atom. The molecule has 128 valence electrons. The van der Waals surface area contributed by atoms with Gasteiger partial charge >= 0.3 is 6.03 Å². The van der Waals surface area contributed by atoms with Gasteiger partial charge in [0, 0.05) is 11.8 Å². The van der Waals surface area contributed by atoms with Crippen molar-refractivity contribution in [2.45, 2.75) is 25.3 Å². The molecule has 4 rings (SSSR count). The predicted molar refractivity (Wildman–Crippen MR) is 94.8 cm³/mol. The van der Waals surface area contributed by atoms with Crippen molar-refractivity contribution in [2.24, 2.45) is 0 Å². The Kier molecular flexibility index (Phi) is 4.01. The first-order valence-corrected chi connectivity index (χ1v) is 8.41. The Morgan fingerprint density at radius 3 is 3.00 bits per heavy atom. The van der Waals surface area contributed by atoms with E-state index in [0.29, 0.717) is 17.1 Å². The molecule has 0 spiro atoms. The van der Waals surface area contributed by atoms with Crippen molar-refractivity contribution >= 4 is 23.3 Å². The lowest BCUT2D eigenvalue weighted by atomic mass is 9.88. The molecule has 2 aromatic carbocycles. The van der Waals surface area contributed by atoms with Gasteiger partial charge in [-0.15, -0.1) is 0 Å². The minimum Gasteiger partial charge on any atom is -0.482 e. The van der Waals surface area contributed by atoms with E-state index in [1.807, 2.05) is 12.1 Å². The van der Waals surface area contributed by atoms with Crippen molar-refractivity contribution in [3.05, 3.63) is 53.6 Å². The molecule has 1 aliphatic carbocycles. The van der Waals surface area contributed by atoms with E-state index in [4.69, 9.17) is 4.74 Å². The molecule has 1 aliphatic heterocycles. The lowest BCUT2D eigenvalue weighted by molar-refractivity contribution is -0.118. The van der Waals surface area contributed by atoms with Gasteiger partial charge in [0.05, 0.1) is 11.7 Å². The van der Waals surface area contributed by atoms with Gasteiger partial charge in [0.15, 0.2) is 6.61 Å². The lowest BCUT2D eigenvalue weighted by Gasteiger charge is -2.26. The van der Waals surface area contributed by atoms with E-state index in [2.05, 4.69) is 28.1 Å². The van der Waals surface area contributed by atoms with Crippen LogP contribution < -0.4 is 20.7 Å². The second-order valence-corrected chi connectivity index (χ2v) is 6.29. The molecule has 0 saturated heterocycles. The quantitative estimate of drug-likeness (QED) is 0.787. The van der Waals surface area contributed by atoms with Crippen LogP contribution >= 0.6 is 0 Å². The number of aryl methyl sites for hydroxylation is 1. The second-order valence-electron chi connectivity index (χ2n) is 6.29. The minimum absolute atomic E-state index is 0.0124. The fourth-order valence-electron chi connectivity index (χ4n) is 3.38. The number of nitrogens with one attached hydrogen (secondary N) is 3. The van der Waals surface area contributed by atoms with Crippen LogP contribution in [-0.4, -0.2) is 18.5 Å². The Bertz CT molecular complexity index is 834. The fraction of sp³-hybridized carbons (Fsp3) is 0.263. The van der Waals surface area contributed by atoms with Gasteiger partial charge in [-0.1, -0.05) is 24.3 Å². The number of hydrogen-bond donors (Lipinski definition) is 3. The van der Waals surface area contributed by atoms with E-state index in [0.717, 1.165) is 19.3 Å². The number of anilines is 2. The van der Waals surface area contributed by atoms with Crippen LogP contribution in [0.2, 0.25) is 0 Å². The van der Waals surface area contributed by atoms with Gasteiger partial charge < -0.3 is 20.7 Å². The van der Waals surface area contributed by atoms with Crippen LogP contribution in [0.3, 0.4) is 0 Å². The summed E-state index contributed by atoms with van der Waals surface area (Å²) >= 11 is 0. The highest BCUT2D eigenvalue weighted by molar-refractivity contribution is 5.96. The predicted octanol–water partition coefficient (Wildman–Crippen LogP) is 3.22. The van der Waals surface area contributed by atoms with E-state index in [-0.39, 0.29) is 24.6 Å². The summed E-state index contributed by atoms with van der Waals surface area (Å²) in [5.41, 5.74) is 3.73. The molecule has 3 N–H and O–H groups in total. The SMILES string of the molecule is O=C1COc2cc(NC(=O)N[C@@H]3CCCc4ccccc43)ccc2N1. The summed E-state index contributed by atoms with van der Waals surface area (Å²) < 4.78 is 5.37. The summed E-state index contributed by atoms with van der Waals surface area (Å²) in [7, 11) is 0. The molecular formula is C19H19N3O3. The van der Waals surface area contributed by atoms with Crippen molar-refractivity contribution in [1.82, 2.24) is 5.32 Å². The van der Waals surface area contributed by atoms with E-state index < -0.39 is 0 Å². The van der Waals surface area contributed by atoms with Crippen LogP contribution in [0.4, 0.5) is 16.2 Å². The number of fused-ring (bicyclic) bond motifs is 2. The molecule has 2 aliphatic rings. The van der Waals surface area contributed by atoms with Gasteiger partial charge in [-0.3, -0.25) is 4.79 Å². The summed E-state index contributed by atoms with van der Waals surface area (Å²) in [6, 6.07) is 13.2. The highest BCUT2D eigenvalue weighted by Gasteiger charge is 2.22. The zero-order valence-corrected chi connectivity index (χ0v) is 13.7. The van der Waals surface area contributed by atoms with Crippen LogP contribution in [0.5, 0.6) is 5.75 Å². The van der Waals surface area contributed by atoms with Gasteiger partial charge in [-0.2, -0.15) is 0 Å². The first-order valence-electron chi connectivity index (χ1n) is 8.41. The first kappa shape index (κ1) is 15.5. The van der Waals surface area contributed by atoms with E-state index in [9.17, 15) is 9.59 Å². The molecule has 0 unspecified atom stereocenters. The third kappa shape index (κ3) is 3.28. The summed E-state index contributed by atoms with van der Waals surface area (Å²) in [4.78, 5) is 23.7. The molecule has 0 fully saturated rings. The average molecular weight is 337 g/mol.